The van der Waals surface area contributed by atoms with E-state index >= 15 is 0 Å². The number of fused-ring (bicyclic) bond motifs is 2. The minimum Gasteiger partial charge on any atom is -0.493 e. The summed E-state index contributed by atoms with van der Waals surface area (Å²) >= 11 is 0. The van der Waals surface area contributed by atoms with E-state index in [4.69, 9.17) is 14.2 Å². The number of nitrogens with zero attached hydrogens (tertiary/aromatic N) is 1. The molecule has 0 spiro atoms. The molecule has 1 amide bonds. The van der Waals surface area contributed by atoms with E-state index in [9.17, 15) is 18.0 Å². The minimum atomic E-state index is -4.33. The van der Waals surface area contributed by atoms with Gasteiger partial charge in [-0.05, 0) is 47.2 Å². The Morgan fingerprint density at radius 1 is 0.941 bits per heavy atom. The Hall–Kier alpha value is -4.01. The Kier molecular flexibility index (Phi) is 6.45. The lowest BCUT2D eigenvalue weighted by atomic mass is 10.0. The predicted octanol–water partition coefficient (Wildman–Crippen LogP) is 5.88. The highest BCUT2D eigenvalue weighted by Crippen LogP contribution is 2.37. The summed E-state index contributed by atoms with van der Waals surface area (Å²) in [5.41, 5.74) is 0.950. The monoisotopic (exact) mass is 470 g/mol. The molecule has 1 heterocycles. The van der Waals surface area contributed by atoms with E-state index in [1.54, 1.807) is 75.0 Å². The van der Waals surface area contributed by atoms with E-state index in [-0.39, 0.29) is 5.56 Å². The van der Waals surface area contributed by atoms with E-state index in [1.165, 1.54) is 0 Å². The molecule has 4 aromatic rings. The molecule has 0 saturated carbocycles. The molecule has 0 fully saturated rings. The van der Waals surface area contributed by atoms with Crippen LogP contribution in [0.3, 0.4) is 0 Å². The average Bonchev–Trinajstić information content (AvgIpc) is 2.82. The van der Waals surface area contributed by atoms with Crippen LogP contribution in [0, 0.1) is 0 Å². The maximum Gasteiger partial charge on any atom is 0.390 e. The number of benzene rings is 3. The van der Waals surface area contributed by atoms with Gasteiger partial charge in [0.25, 0.3) is 5.91 Å². The van der Waals surface area contributed by atoms with Gasteiger partial charge in [-0.2, -0.15) is 13.2 Å². The molecule has 0 radical (unpaired) electrons. The standard InChI is InChI=1S/C25H21F3N2O4/c1-32-22-13-19-20(14-23(22)33-2)29-10-8-21(19)34-16-6-7-17-15(12-16)4-3-5-18(17)24(31)30-11-9-25(26,27)28/h3-8,10,12-14H,9,11H2,1-2H3,(H,30,31). The highest BCUT2D eigenvalue weighted by atomic mass is 19.4. The molecule has 1 N–H and O–H groups in total. The van der Waals surface area contributed by atoms with Crippen LogP contribution in [0.5, 0.6) is 23.0 Å². The second-order valence-electron chi connectivity index (χ2n) is 7.45. The number of amides is 1. The van der Waals surface area contributed by atoms with Crippen molar-refractivity contribution < 1.29 is 32.2 Å². The van der Waals surface area contributed by atoms with Crippen molar-refractivity contribution in [2.45, 2.75) is 12.6 Å². The molecule has 0 unspecified atom stereocenters. The van der Waals surface area contributed by atoms with Crippen molar-refractivity contribution in [3.63, 3.8) is 0 Å². The maximum atomic E-state index is 12.4. The van der Waals surface area contributed by atoms with Gasteiger partial charge in [0.05, 0.1) is 26.2 Å². The molecule has 176 valence electrons. The molecular weight excluding hydrogens is 449 g/mol. The van der Waals surface area contributed by atoms with E-state index in [1.807, 2.05) is 0 Å². The molecule has 0 aliphatic rings. The summed E-state index contributed by atoms with van der Waals surface area (Å²) in [6, 6.07) is 15.5. The zero-order valence-electron chi connectivity index (χ0n) is 18.4. The van der Waals surface area contributed by atoms with Gasteiger partial charge < -0.3 is 19.5 Å². The third-order valence-corrected chi connectivity index (χ3v) is 5.23. The molecule has 0 atom stereocenters. The molecule has 6 nitrogen and oxygen atoms in total. The summed E-state index contributed by atoms with van der Waals surface area (Å²) in [7, 11) is 3.09. The number of nitrogens with one attached hydrogen (secondary N) is 1. The number of alkyl halides is 3. The fourth-order valence-corrected chi connectivity index (χ4v) is 3.60. The molecular formula is C25H21F3N2O4. The van der Waals surface area contributed by atoms with Crippen LogP contribution in [0.2, 0.25) is 0 Å². The Morgan fingerprint density at radius 2 is 1.71 bits per heavy atom. The lowest BCUT2D eigenvalue weighted by Gasteiger charge is -2.13. The zero-order valence-corrected chi connectivity index (χ0v) is 18.4. The second kappa shape index (κ2) is 9.46. The summed E-state index contributed by atoms with van der Waals surface area (Å²) in [6.07, 6.45) is -3.80. The van der Waals surface area contributed by atoms with Crippen LogP contribution in [0.25, 0.3) is 21.7 Å². The molecule has 3 aromatic carbocycles. The average molecular weight is 470 g/mol. The van der Waals surface area contributed by atoms with Gasteiger partial charge in [-0.15, -0.1) is 0 Å². The van der Waals surface area contributed by atoms with E-state index < -0.39 is 25.0 Å². The summed E-state index contributed by atoms with van der Waals surface area (Å²) in [6.45, 7) is -0.483. The molecule has 4 rings (SSSR count). The number of hydrogen-bond donors (Lipinski definition) is 1. The van der Waals surface area contributed by atoms with Gasteiger partial charge in [-0.25, -0.2) is 0 Å². The molecule has 9 heteroatoms. The van der Waals surface area contributed by atoms with Gasteiger partial charge in [0.1, 0.15) is 11.5 Å². The minimum absolute atomic E-state index is 0.289. The number of ether oxygens (including phenoxy) is 3. The van der Waals surface area contributed by atoms with Crippen LogP contribution in [-0.2, 0) is 0 Å². The first kappa shape index (κ1) is 23.2. The van der Waals surface area contributed by atoms with Gasteiger partial charge in [-0.1, -0.05) is 12.1 Å². The number of carbonyl (C=O) groups excluding carboxylic acids is 1. The highest BCUT2D eigenvalue weighted by Gasteiger charge is 2.26. The summed E-state index contributed by atoms with van der Waals surface area (Å²) in [5.74, 6) is 1.58. The van der Waals surface area contributed by atoms with Crippen molar-refractivity contribution in [3.05, 3.63) is 66.4 Å². The van der Waals surface area contributed by atoms with Gasteiger partial charge in [0.15, 0.2) is 11.5 Å². The van der Waals surface area contributed by atoms with Gasteiger partial charge in [-0.3, -0.25) is 9.78 Å². The van der Waals surface area contributed by atoms with Gasteiger partial charge >= 0.3 is 6.18 Å². The van der Waals surface area contributed by atoms with E-state index in [0.29, 0.717) is 39.3 Å². The normalized spacial score (nSPS) is 11.4. The first-order valence-corrected chi connectivity index (χ1v) is 10.4. The SMILES string of the molecule is COc1cc2nccc(Oc3ccc4c(C(=O)NCCC(F)(F)F)cccc4c3)c2cc1OC. The number of aromatic nitrogens is 1. The van der Waals surface area contributed by atoms with Crippen molar-refractivity contribution in [3.8, 4) is 23.0 Å². The first-order valence-electron chi connectivity index (χ1n) is 10.4. The Labute approximate surface area is 193 Å². The largest absolute Gasteiger partial charge is 0.493 e. The number of halogens is 3. The molecule has 0 aliphatic carbocycles. The van der Waals surface area contributed by atoms with Crippen LogP contribution in [0.15, 0.2) is 60.8 Å². The topological polar surface area (TPSA) is 69.7 Å². The smallest absolute Gasteiger partial charge is 0.390 e. The maximum absolute atomic E-state index is 12.4. The van der Waals surface area contributed by atoms with Crippen molar-refractivity contribution in [1.82, 2.24) is 10.3 Å². The number of rotatable bonds is 7. The summed E-state index contributed by atoms with van der Waals surface area (Å²) < 4.78 is 54.0. The van der Waals surface area contributed by atoms with Crippen molar-refractivity contribution in [1.29, 1.82) is 0 Å². The quantitative estimate of drug-likeness (QED) is 0.365. The lowest BCUT2D eigenvalue weighted by molar-refractivity contribution is -0.132. The first-order chi connectivity index (χ1) is 16.3. The van der Waals surface area contributed by atoms with Gasteiger partial charge in [0.2, 0.25) is 0 Å². The van der Waals surface area contributed by atoms with Crippen molar-refractivity contribution in [2.24, 2.45) is 0 Å². The van der Waals surface area contributed by atoms with Crippen LogP contribution in [-0.4, -0.2) is 37.8 Å². The number of carbonyl (C=O) groups is 1. The number of methoxy groups -OCH3 is 2. The summed E-state index contributed by atoms with van der Waals surface area (Å²) in [4.78, 5) is 16.8. The molecule has 0 aliphatic heterocycles. The van der Waals surface area contributed by atoms with Crippen LogP contribution in [0.1, 0.15) is 16.8 Å². The fraction of sp³-hybridized carbons (Fsp3) is 0.200. The van der Waals surface area contributed by atoms with Crippen LogP contribution < -0.4 is 19.5 Å². The molecule has 1 aromatic heterocycles. The molecule has 0 bridgehead atoms. The molecule has 34 heavy (non-hydrogen) atoms. The van der Waals surface area contributed by atoms with Gasteiger partial charge in [0, 0.05) is 29.8 Å². The third-order valence-electron chi connectivity index (χ3n) is 5.23. The third kappa shape index (κ3) is 4.98. The van der Waals surface area contributed by atoms with E-state index in [0.717, 1.165) is 5.39 Å². The lowest BCUT2D eigenvalue weighted by Crippen LogP contribution is -2.28. The van der Waals surface area contributed by atoms with E-state index in [2.05, 4.69) is 10.3 Å². The van der Waals surface area contributed by atoms with Crippen molar-refractivity contribution >= 4 is 27.6 Å². The second-order valence-corrected chi connectivity index (χ2v) is 7.45. The highest BCUT2D eigenvalue weighted by molar-refractivity contribution is 6.07. The Morgan fingerprint density at radius 3 is 2.44 bits per heavy atom. The fourth-order valence-electron chi connectivity index (χ4n) is 3.60. The zero-order chi connectivity index (χ0) is 24.3. The van der Waals surface area contributed by atoms with Crippen LogP contribution in [0.4, 0.5) is 13.2 Å². The summed E-state index contributed by atoms with van der Waals surface area (Å²) in [5, 5.41) is 4.35. The number of hydrogen-bond acceptors (Lipinski definition) is 5. The van der Waals surface area contributed by atoms with Crippen molar-refractivity contribution in [2.75, 3.05) is 20.8 Å². The van der Waals surface area contributed by atoms with Crippen LogP contribution >= 0.6 is 0 Å². The Bertz CT molecular complexity index is 1360. The number of pyridine rings is 1. The Balaban J connectivity index is 1.62. The molecule has 0 saturated heterocycles. The predicted molar refractivity (Wildman–Crippen MR) is 122 cm³/mol.